The SMILES string of the molecule is COc1ccc(CN(C(=O)CN(c2ccc(OC)c(OC)c2)S(=O)(=O)c2ccccc2)[C@H](C)C(=O)NC(C)C)cc1. The lowest BCUT2D eigenvalue weighted by atomic mass is 10.1. The number of methoxy groups -OCH3 is 3. The van der Waals surface area contributed by atoms with Gasteiger partial charge in [-0.15, -0.1) is 0 Å². The number of amides is 2. The Labute approximate surface area is 241 Å². The van der Waals surface area contributed by atoms with Crippen molar-refractivity contribution >= 4 is 27.5 Å². The van der Waals surface area contributed by atoms with Gasteiger partial charge in [-0.25, -0.2) is 8.42 Å². The third kappa shape index (κ3) is 7.69. The molecule has 0 fully saturated rings. The Bertz CT molecular complexity index is 1430. The van der Waals surface area contributed by atoms with Crippen LogP contribution < -0.4 is 23.8 Å². The van der Waals surface area contributed by atoms with Crippen LogP contribution in [0.1, 0.15) is 26.3 Å². The van der Waals surface area contributed by atoms with Crippen LogP contribution in [0, 0.1) is 0 Å². The molecule has 0 unspecified atom stereocenters. The molecule has 0 aliphatic heterocycles. The summed E-state index contributed by atoms with van der Waals surface area (Å²) in [6, 6.07) is 18.5. The Hall–Kier alpha value is -4.25. The Morgan fingerprint density at radius 1 is 0.829 bits per heavy atom. The average molecular weight is 584 g/mol. The van der Waals surface area contributed by atoms with Crippen molar-refractivity contribution in [2.45, 2.75) is 44.3 Å². The minimum Gasteiger partial charge on any atom is -0.497 e. The van der Waals surface area contributed by atoms with Crippen molar-refractivity contribution in [3.05, 3.63) is 78.4 Å². The van der Waals surface area contributed by atoms with E-state index in [1.54, 1.807) is 62.6 Å². The maximum atomic E-state index is 14.0. The van der Waals surface area contributed by atoms with Crippen LogP contribution in [0.2, 0.25) is 0 Å². The first-order chi connectivity index (χ1) is 19.5. The molecule has 3 aromatic rings. The normalized spacial score (nSPS) is 11.9. The molecule has 0 saturated heterocycles. The quantitative estimate of drug-likeness (QED) is 0.325. The fourth-order valence-electron chi connectivity index (χ4n) is 4.14. The van der Waals surface area contributed by atoms with Crippen molar-refractivity contribution in [2.75, 3.05) is 32.2 Å². The second-order valence-electron chi connectivity index (χ2n) is 9.57. The Morgan fingerprint density at radius 2 is 1.46 bits per heavy atom. The zero-order valence-corrected chi connectivity index (χ0v) is 25.0. The number of ether oxygens (including phenoxy) is 3. The molecule has 10 nitrogen and oxygen atoms in total. The zero-order valence-electron chi connectivity index (χ0n) is 24.2. The summed E-state index contributed by atoms with van der Waals surface area (Å²) in [5.74, 6) is 0.419. The highest BCUT2D eigenvalue weighted by molar-refractivity contribution is 7.92. The molecule has 0 aromatic heterocycles. The number of anilines is 1. The minimum absolute atomic E-state index is 0.00916. The summed E-state index contributed by atoms with van der Waals surface area (Å²) in [4.78, 5) is 28.4. The van der Waals surface area contributed by atoms with Gasteiger partial charge in [-0.1, -0.05) is 30.3 Å². The highest BCUT2D eigenvalue weighted by Crippen LogP contribution is 2.34. The van der Waals surface area contributed by atoms with E-state index in [0.717, 1.165) is 9.87 Å². The Morgan fingerprint density at radius 3 is 2.02 bits per heavy atom. The minimum atomic E-state index is -4.20. The maximum Gasteiger partial charge on any atom is 0.264 e. The number of carbonyl (C=O) groups is 2. The molecule has 41 heavy (non-hydrogen) atoms. The lowest BCUT2D eigenvalue weighted by molar-refractivity contribution is -0.139. The summed E-state index contributed by atoms with van der Waals surface area (Å²) in [5, 5.41) is 2.84. The van der Waals surface area contributed by atoms with Gasteiger partial charge in [-0.2, -0.15) is 0 Å². The monoisotopic (exact) mass is 583 g/mol. The van der Waals surface area contributed by atoms with Crippen molar-refractivity contribution in [3.63, 3.8) is 0 Å². The number of benzene rings is 3. The fourth-order valence-corrected chi connectivity index (χ4v) is 5.57. The molecule has 0 aliphatic rings. The number of carbonyl (C=O) groups excluding carboxylic acids is 2. The van der Waals surface area contributed by atoms with Crippen molar-refractivity contribution < 1.29 is 32.2 Å². The highest BCUT2D eigenvalue weighted by Gasteiger charge is 2.33. The third-order valence-electron chi connectivity index (χ3n) is 6.38. The van der Waals surface area contributed by atoms with Gasteiger partial charge in [0.2, 0.25) is 11.8 Å². The molecule has 1 atom stereocenters. The Balaban J connectivity index is 2.07. The van der Waals surface area contributed by atoms with Crippen LogP contribution in [0.5, 0.6) is 17.2 Å². The van der Waals surface area contributed by atoms with Gasteiger partial charge in [0.15, 0.2) is 11.5 Å². The number of nitrogens with one attached hydrogen (secondary N) is 1. The van der Waals surface area contributed by atoms with Crippen LogP contribution in [-0.4, -0.2) is 65.1 Å². The molecule has 1 N–H and O–H groups in total. The molecule has 3 rings (SSSR count). The molecule has 0 bridgehead atoms. The highest BCUT2D eigenvalue weighted by atomic mass is 32.2. The van der Waals surface area contributed by atoms with E-state index in [9.17, 15) is 18.0 Å². The van der Waals surface area contributed by atoms with E-state index >= 15 is 0 Å². The summed E-state index contributed by atoms with van der Waals surface area (Å²) in [6.45, 7) is 4.77. The second kappa shape index (κ2) is 13.9. The number of nitrogens with zero attached hydrogens (tertiary/aromatic N) is 2. The van der Waals surface area contributed by atoms with Gasteiger partial charge in [-0.05, 0) is 62.7 Å². The van der Waals surface area contributed by atoms with Gasteiger partial charge in [0.1, 0.15) is 18.3 Å². The van der Waals surface area contributed by atoms with E-state index in [1.807, 2.05) is 13.8 Å². The topological polar surface area (TPSA) is 114 Å². The molecule has 11 heteroatoms. The van der Waals surface area contributed by atoms with Crippen LogP contribution in [0.3, 0.4) is 0 Å². The predicted molar refractivity (Wildman–Crippen MR) is 157 cm³/mol. The van der Waals surface area contributed by atoms with E-state index < -0.39 is 28.5 Å². The molecule has 0 heterocycles. The fraction of sp³-hybridized carbons (Fsp3) is 0.333. The first-order valence-electron chi connectivity index (χ1n) is 13.0. The van der Waals surface area contributed by atoms with E-state index in [-0.39, 0.29) is 29.1 Å². The van der Waals surface area contributed by atoms with Gasteiger partial charge in [0, 0.05) is 18.7 Å². The van der Waals surface area contributed by atoms with Crippen molar-refractivity contribution in [1.82, 2.24) is 10.2 Å². The lowest BCUT2D eigenvalue weighted by Crippen LogP contribution is -2.52. The molecule has 2 amide bonds. The van der Waals surface area contributed by atoms with Crippen LogP contribution in [0.4, 0.5) is 5.69 Å². The number of hydrogen-bond donors (Lipinski definition) is 1. The predicted octanol–water partition coefficient (Wildman–Crippen LogP) is 3.85. The Kier molecular flexibility index (Phi) is 10.6. The summed E-state index contributed by atoms with van der Waals surface area (Å²) >= 11 is 0. The third-order valence-corrected chi connectivity index (χ3v) is 8.16. The summed E-state index contributed by atoms with van der Waals surface area (Å²) in [7, 11) is 0.264. The molecule has 0 radical (unpaired) electrons. The molecular formula is C30H37N3O7S. The van der Waals surface area contributed by atoms with E-state index in [4.69, 9.17) is 14.2 Å². The molecule has 3 aromatic carbocycles. The first-order valence-corrected chi connectivity index (χ1v) is 14.5. The maximum absolute atomic E-state index is 14.0. The number of rotatable bonds is 13. The summed E-state index contributed by atoms with van der Waals surface area (Å²) < 4.78 is 44.8. The van der Waals surface area contributed by atoms with Crippen LogP contribution in [-0.2, 0) is 26.2 Å². The first kappa shape index (κ1) is 31.3. The van der Waals surface area contributed by atoms with Gasteiger partial charge < -0.3 is 24.4 Å². The molecule has 220 valence electrons. The standard InChI is InChI=1S/C30H37N3O7S/c1-21(2)31-30(35)22(3)32(19-23-12-15-25(38-4)16-13-23)29(34)20-33(41(36,37)26-10-8-7-9-11-26)24-14-17-27(39-5)28(18-24)40-6/h7-18,21-22H,19-20H2,1-6H3,(H,31,35)/t22-/m1/s1. The van der Waals surface area contributed by atoms with Gasteiger partial charge in [-0.3, -0.25) is 13.9 Å². The lowest BCUT2D eigenvalue weighted by Gasteiger charge is -2.32. The van der Waals surface area contributed by atoms with Gasteiger partial charge in [0.25, 0.3) is 10.0 Å². The van der Waals surface area contributed by atoms with E-state index in [0.29, 0.717) is 17.2 Å². The molecular weight excluding hydrogens is 546 g/mol. The van der Waals surface area contributed by atoms with Crippen LogP contribution in [0.15, 0.2) is 77.7 Å². The molecule has 0 aliphatic carbocycles. The largest absolute Gasteiger partial charge is 0.497 e. The number of hydrogen-bond acceptors (Lipinski definition) is 7. The van der Waals surface area contributed by atoms with Crippen LogP contribution in [0.25, 0.3) is 0 Å². The van der Waals surface area contributed by atoms with Crippen molar-refractivity contribution in [3.8, 4) is 17.2 Å². The van der Waals surface area contributed by atoms with E-state index in [1.165, 1.54) is 43.4 Å². The van der Waals surface area contributed by atoms with Crippen molar-refractivity contribution in [1.29, 1.82) is 0 Å². The molecule has 0 spiro atoms. The van der Waals surface area contributed by atoms with Crippen LogP contribution >= 0.6 is 0 Å². The van der Waals surface area contributed by atoms with Crippen molar-refractivity contribution in [2.24, 2.45) is 0 Å². The van der Waals surface area contributed by atoms with Gasteiger partial charge in [0.05, 0.1) is 31.9 Å². The smallest absolute Gasteiger partial charge is 0.264 e. The average Bonchev–Trinajstić information content (AvgIpc) is 2.98. The summed E-state index contributed by atoms with van der Waals surface area (Å²) in [6.07, 6.45) is 0. The second-order valence-corrected chi connectivity index (χ2v) is 11.4. The van der Waals surface area contributed by atoms with E-state index in [2.05, 4.69) is 5.32 Å². The zero-order chi connectivity index (χ0) is 30.2. The van der Waals surface area contributed by atoms with Gasteiger partial charge >= 0.3 is 0 Å². The summed E-state index contributed by atoms with van der Waals surface area (Å²) in [5.41, 5.74) is 0.940. The molecule has 0 saturated carbocycles. The number of sulfonamides is 1.